The van der Waals surface area contributed by atoms with E-state index < -0.39 is 0 Å². The molecule has 6 heteroatoms. The standard InChI is InChI=1S/C18H20ClN3O2/c1-20-10-7-14(13-20)17(23)21-8-4-9-22(12-11-21)18(24)15-5-2-3-6-16(15)19/h2-3,5-7,10,13H,4,8-9,11-12H2,1H3. The number of benzene rings is 1. The van der Waals surface area contributed by atoms with E-state index in [4.69, 9.17) is 11.6 Å². The second-order valence-electron chi connectivity index (χ2n) is 5.98. The minimum absolute atomic E-state index is 0.0163. The fourth-order valence-corrected chi connectivity index (χ4v) is 3.16. The molecular weight excluding hydrogens is 326 g/mol. The number of nitrogens with zero attached hydrogens (tertiary/aromatic N) is 3. The van der Waals surface area contributed by atoms with Gasteiger partial charge >= 0.3 is 0 Å². The van der Waals surface area contributed by atoms with Crippen molar-refractivity contribution in [3.05, 3.63) is 58.9 Å². The van der Waals surface area contributed by atoms with Crippen LogP contribution in [0.4, 0.5) is 0 Å². The average molecular weight is 346 g/mol. The number of aryl methyl sites for hydroxylation is 1. The Hall–Kier alpha value is -2.27. The SMILES string of the molecule is Cn1ccc(C(=O)N2CCCN(C(=O)c3ccccc3Cl)CC2)c1. The molecule has 0 bridgehead atoms. The summed E-state index contributed by atoms with van der Waals surface area (Å²) in [5.41, 5.74) is 1.20. The quantitative estimate of drug-likeness (QED) is 0.840. The third-order valence-corrected chi connectivity index (χ3v) is 4.58. The first-order valence-corrected chi connectivity index (χ1v) is 8.39. The van der Waals surface area contributed by atoms with Crippen molar-refractivity contribution < 1.29 is 9.59 Å². The fraction of sp³-hybridized carbons (Fsp3) is 0.333. The molecule has 1 aromatic carbocycles. The van der Waals surface area contributed by atoms with Crippen molar-refractivity contribution in [2.75, 3.05) is 26.2 Å². The molecule has 2 amide bonds. The van der Waals surface area contributed by atoms with Crippen molar-refractivity contribution in [3.8, 4) is 0 Å². The van der Waals surface area contributed by atoms with Crippen LogP contribution in [0.3, 0.4) is 0 Å². The third kappa shape index (κ3) is 3.46. The van der Waals surface area contributed by atoms with Gasteiger partial charge < -0.3 is 14.4 Å². The van der Waals surface area contributed by atoms with Gasteiger partial charge in [-0.3, -0.25) is 9.59 Å². The molecule has 24 heavy (non-hydrogen) atoms. The van der Waals surface area contributed by atoms with E-state index in [1.165, 1.54) is 0 Å². The summed E-state index contributed by atoms with van der Waals surface area (Å²) in [6, 6.07) is 8.89. The molecule has 1 aliphatic rings. The maximum absolute atomic E-state index is 12.7. The molecule has 126 valence electrons. The van der Waals surface area contributed by atoms with Crippen molar-refractivity contribution in [2.24, 2.45) is 7.05 Å². The first-order chi connectivity index (χ1) is 11.6. The van der Waals surface area contributed by atoms with Crippen LogP contribution in [0.15, 0.2) is 42.7 Å². The Morgan fingerprint density at radius 3 is 2.25 bits per heavy atom. The molecule has 2 heterocycles. The molecule has 0 saturated carbocycles. The Kier molecular flexibility index (Phi) is 4.90. The largest absolute Gasteiger partial charge is 0.356 e. The predicted molar refractivity (Wildman–Crippen MR) is 93.3 cm³/mol. The van der Waals surface area contributed by atoms with E-state index in [1.54, 1.807) is 17.0 Å². The Morgan fingerprint density at radius 1 is 0.958 bits per heavy atom. The highest BCUT2D eigenvalue weighted by molar-refractivity contribution is 6.33. The van der Waals surface area contributed by atoms with Crippen LogP contribution in [0.25, 0.3) is 0 Å². The van der Waals surface area contributed by atoms with Crippen LogP contribution in [0.5, 0.6) is 0 Å². The fourth-order valence-electron chi connectivity index (χ4n) is 2.94. The van der Waals surface area contributed by atoms with Crippen LogP contribution >= 0.6 is 11.6 Å². The second-order valence-corrected chi connectivity index (χ2v) is 6.39. The molecule has 0 radical (unpaired) electrons. The summed E-state index contributed by atoms with van der Waals surface area (Å²) in [5.74, 6) is -0.0581. The van der Waals surface area contributed by atoms with E-state index >= 15 is 0 Å². The zero-order chi connectivity index (χ0) is 17.1. The van der Waals surface area contributed by atoms with Crippen LogP contribution in [0, 0.1) is 0 Å². The summed E-state index contributed by atoms with van der Waals surface area (Å²) >= 11 is 6.13. The van der Waals surface area contributed by atoms with Gasteiger partial charge in [0.15, 0.2) is 0 Å². The zero-order valence-corrected chi connectivity index (χ0v) is 14.4. The molecule has 0 unspecified atom stereocenters. The molecular formula is C18H20ClN3O2. The Morgan fingerprint density at radius 2 is 1.62 bits per heavy atom. The second kappa shape index (κ2) is 7.09. The predicted octanol–water partition coefficient (Wildman–Crippen LogP) is 2.67. The summed E-state index contributed by atoms with van der Waals surface area (Å²) in [6.45, 7) is 2.33. The van der Waals surface area contributed by atoms with Crippen LogP contribution in [0.1, 0.15) is 27.1 Å². The number of carbonyl (C=O) groups is 2. The molecule has 3 rings (SSSR count). The van der Waals surface area contributed by atoms with Gasteiger partial charge in [-0.15, -0.1) is 0 Å². The highest BCUT2D eigenvalue weighted by Crippen LogP contribution is 2.18. The molecule has 2 aromatic rings. The van der Waals surface area contributed by atoms with Gasteiger partial charge in [-0.2, -0.15) is 0 Å². The van der Waals surface area contributed by atoms with Crippen LogP contribution in [-0.4, -0.2) is 52.4 Å². The van der Waals surface area contributed by atoms with Crippen molar-refractivity contribution in [2.45, 2.75) is 6.42 Å². The van der Waals surface area contributed by atoms with E-state index in [0.717, 1.165) is 6.42 Å². The number of carbonyl (C=O) groups excluding carboxylic acids is 2. The van der Waals surface area contributed by atoms with Gasteiger partial charge in [0.25, 0.3) is 11.8 Å². The molecule has 0 aliphatic carbocycles. The smallest absolute Gasteiger partial charge is 0.255 e. The molecule has 0 spiro atoms. The van der Waals surface area contributed by atoms with Crippen molar-refractivity contribution in [3.63, 3.8) is 0 Å². The van der Waals surface area contributed by atoms with Gasteiger partial charge in [-0.25, -0.2) is 0 Å². The Balaban J connectivity index is 1.68. The lowest BCUT2D eigenvalue weighted by Crippen LogP contribution is -2.37. The lowest BCUT2D eigenvalue weighted by Gasteiger charge is -2.22. The van der Waals surface area contributed by atoms with Gasteiger partial charge in [0, 0.05) is 45.6 Å². The first-order valence-electron chi connectivity index (χ1n) is 8.01. The topological polar surface area (TPSA) is 45.6 Å². The monoisotopic (exact) mass is 345 g/mol. The molecule has 1 aromatic heterocycles. The van der Waals surface area contributed by atoms with Gasteiger partial charge in [0.2, 0.25) is 0 Å². The maximum atomic E-state index is 12.7. The number of rotatable bonds is 2. The van der Waals surface area contributed by atoms with E-state index in [0.29, 0.717) is 42.3 Å². The minimum atomic E-state index is -0.0744. The molecule has 1 saturated heterocycles. The highest BCUT2D eigenvalue weighted by Gasteiger charge is 2.24. The first kappa shape index (κ1) is 16.6. The van der Waals surface area contributed by atoms with Crippen molar-refractivity contribution in [1.29, 1.82) is 0 Å². The van der Waals surface area contributed by atoms with Gasteiger partial charge in [-0.1, -0.05) is 23.7 Å². The van der Waals surface area contributed by atoms with Crippen molar-refractivity contribution >= 4 is 23.4 Å². The summed E-state index contributed by atoms with van der Waals surface area (Å²) in [4.78, 5) is 28.8. The minimum Gasteiger partial charge on any atom is -0.356 e. The Labute approximate surface area is 146 Å². The summed E-state index contributed by atoms with van der Waals surface area (Å²) in [6.07, 6.45) is 4.44. The Bertz CT molecular complexity index is 756. The van der Waals surface area contributed by atoms with Crippen LogP contribution in [0.2, 0.25) is 5.02 Å². The summed E-state index contributed by atoms with van der Waals surface area (Å²) in [7, 11) is 1.89. The molecule has 0 atom stereocenters. The normalized spacial score (nSPS) is 15.2. The molecule has 1 fully saturated rings. The lowest BCUT2D eigenvalue weighted by atomic mass is 10.2. The van der Waals surface area contributed by atoms with E-state index in [9.17, 15) is 9.59 Å². The van der Waals surface area contributed by atoms with E-state index in [-0.39, 0.29) is 11.8 Å². The van der Waals surface area contributed by atoms with E-state index in [2.05, 4.69) is 0 Å². The maximum Gasteiger partial charge on any atom is 0.255 e. The lowest BCUT2D eigenvalue weighted by molar-refractivity contribution is 0.0719. The van der Waals surface area contributed by atoms with Crippen LogP contribution < -0.4 is 0 Å². The molecule has 1 aliphatic heterocycles. The molecule has 5 nitrogen and oxygen atoms in total. The van der Waals surface area contributed by atoms with Gasteiger partial charge in [0.05, 0.1) is 16.1 Å². The van der Waals surface area contributed by atoms with Gasteiger partial charge in [0.1, 0.15) is 0 Å². The highest BCUT2D eigenvalue weighted by atomic mass is 35.5. The van der Waals surface area contributed by atoms with Gasteiger partial charge in [-0.05, 0) is 24.6 Å². The van der Waals surface area contributed by atoms with Crippen LogP contribution in [-0.2, 0) is 7.05 Å². The van der Waals surface area contributed by atoms with E-state index in [1.807, 2.05) is 47.1 Å². The summed E-state index contributed by atoms with van der Waals surface area (Å²) in [5, 5.41) is 0.462. The summed E-state index contributed by atoms with van der Waals surface area (Å²) < 4.78 is 1.86. The average Bonchev–Trinajstić information content (AvgIpc) is 2.87. The number of aromatic nitrogens is 1. The zero-order valence-electron chi connectivity index (χ0n) is 13.6. The van der Waals surface area contributed by atoms with Crippen molar-refractivity contribution in [1.82, 2.24) is 14.4 Å². The number of halogens is 1. The number of hydrogen-bond acceptors (Lipinski definition) is 2. The third-order valence-electron chi connectivity index (χ3n) is 4.25. The molecule has 0 N–H and O–H groups in total. The number of hydrogen-bond donors (Lipinski definition) is 0. The number of amides is 2.